The van der Waals surface area contributed by atoms with Gasteiger partial charge < -0.3 is 9.84 Å². The minimum absolute atomic E-state index is 0.190. The molecule has 74 valence electrons. The Balaban J connectivity index is 1.87. The Morgan fingerprint density at radius 3 is 2.57 bits per heavy atom. The van der Waals surface area contributed by atoms with Gasteiger partial charge in [-0.25, -0.2) is 0 Å². The molecule has 2 nitrogen and oxygen atoms in total. The highest BCUT2D eigenvalue weighted by Gasteiger charge is 2.53. The van der Waals surface area contributed by atoms with Crippen molar-refractivity contribution in [2.24, 2.45) is 11.8 Å². The van der Waals surface area contributed by atoms with E-state index in [-0.39, 0.29) is 6.10 Å². The van der Waals surface area contributed by atoms with Crippen molar-refractivity contribution in [2.45, 2.75) is 12.0 Å². The molecule has 1 aromatic carbocycles. The monoisotopic (exact) mass is 190 g/mol. The largest absolute Gasteiger partial charge is 0.392 e. The maximum absolute atomic E-state index is 9.95. The maximum Gasteiger partial charge on any atom is 0.0666 e. The Hall–Kier alpha value is -0.860. The van der Waals surface area contributed by atoms with Gasteiger partial charge in [-0.05, 0) is 11.5 Å². The first kappa shape index (κ1) is 8.45. The molecule has 1 aliphatic carbocycles. The summed E-state index contributed by atoms with van der Waals surface area (Å²) in [5, 5.41) is 9.95. The molecule has 1 aromatic rings. The summed E-state index contributed by atoms with van der Waals surface area (Å²) in [6, 6.07) is 10.3. The van der Waals surface area contributed by atoms with Crippen molar-refractivity contribution in [2.75, 3.05) is 13.2 Å². The van der Waals surface area contributed by atoms with E-state index >= 15 is 0 Å². The molecule has 0 spiro atoms. The zero-order valence-electron chi connectivity index (χ0n) is 7.97. The second-order valence-corrected chi connectivity index (χ2v) is 4.29. The number of ether oxygens (including phenoxy) is 1. The highest BCUT2D eigenvalue weighted by molar-refractivity contribution is 5.27. The Kier molecular flexibility index (Phi) is 1.85. The number of aliphatic hydroxyl groups is 1. The van der Waals surface area contributed by atoms with Crippen molar-refractivity contribution in [3.8, 4) is 0 Å². The van der Waals surface area contributed by atoms with E-state index in [4.69, 9.17) is 4.74 Å². The fraction of sp³-hybridized carbons (Fsp3) is 0.500. The lowest BCUT2D eigenvalue weighted by atomic mass is 9.61. The molecule has 3 rings (SSSR count). The summed E-state index contributed by atoms with van der Waals surface area (Å²) in [5.74, 6) is 1.25. The van der Waals surface area contributed by atoms with Gasteiger partial charge in [-0.15, -0.1) is 0 Å². The summed E-state index contributed by atoms with van der Waals surface area (Å²) >= 11 is 0. The molecule has 1 saturated carbocycles. The van der Waals surface area contributed by atoms with Crippen LogP contribution in [0.2, 0.25) is 0 Å². The minimum Gasteiger partial charge on any atom is -0.392 e. The molecule has 1 heterocycles. The van der Waals surface area contributed by atoms with E-state index in [0.717, 1.165) is 13.2 Å². The Labute approximate surface area is 83.5 Å². The Morgan fingerprint density at radius 1 is 1.07 bits per heavy atom. The van der Waals surface area contributed by atoms with Gasteiger partial charge in [0.2, 0.25) is 0 Å². The first-order chi connectivity index (χ1) is 6.88. The van der Waals surface area contributed by atoms with Crippen molar-refractivity contribution in [1.29, 1.82) is 0 Å². The molecular weight excluding hydrogens is 176 g/mol. The number of hydrogen-bond donors (Lipinski definition) is 1. The van der Waals surface area contributed by atoms with E-state index in [2.05, 4.69) is 12.1 Å². The van der Waals surface area contributed by atoms with Gasteiger partial charge in [0.25, 0.3) is 0 Å². The Bertz CT molecular complexity index is 322. The lowest BCUT2D eigenvalue weighted by Crippen LogP contribution is -2.48. The second kappa shape index (κ2) is 3.07. The molecule has 1 aliphatic heterocycles. The quantitative estimate of drug-likeness (QED) is 0.725. The SMILES string of the molecule is O[C@@H]1[C@H]2COC[C@H]2[C@@H]1c1ccccc1. The smallest absolute Gasteiger partial charge is 0.0666 e. The van der Waals surface area contributed by atoms with Crippen LogP contribution in [0.4, 0.5) is 0 Å². The Morgan fingerprint density at radius 2 is 1.79 bits per heavy atom. The van der Waals surface area contributed by atoms with Crippen LogP contribution in [-0.2, 0) is 4.74 Å². The summed E-state index contributed by atoms with van der Waals surface area (Å²) in [4.78, 5) is 0. The van der Waals surface area contributed by atoms with Gasteiger partial charge in [0.1, 0.15) is 0 Å². The third kappa shape index (κ3) is 1.04. The average molecular weight is 190 g/mol. The fourth-order valence-electron chi connectivity index (χ4n) is 2.80. The van der Waals surface area contributed by atoms with Gasteiger partial charge in [0, 0.05) is 11.8 Å². The van der Waals surface area contributed by atoms with Gasteiger partial charge in [-0.2, -0.15) is 0 Å². The van der Waals surface area contributed by atoms with Crippen LogP contribution < -0.4 is 0 Å². The van der Waals surface area contributed by atoms with Crippen molar-refractivity contribution in [3.63, 3.8) is 0 Å². The summed E-state index contributed by atoms with van der Waals surface area (Å²) in [5.41, 5.74) is 1.26. The van der Waals surface area contributed by atoms with Crippen LogP contribution in [0, 0.1) is 11.8 Å². The summed E-state index contributed by atoms with van der Waals surface area (Å²) in [7, 11) is 0. The van der Waals surface area contributed by atoms with Gasteiger partial charge >= 0.3 is 0 Å². The van der Waals surface area contributed by atoms with Crippen LogP contribution in [0.15, 0.2) is 30.3 Å². The van der Waals surface area contributed by atoms with E-state index in [1.807, 2.05) is 18.2 Å². The van der Waals surface area contributed by atoms with E-state index in [1.54, 1.807) is 0 Å². The van der Waals surface area contributed by atoms with Crippen LogP contribution >= 0.6 is 0 Å². The molecular formula is C12H14O2. The van der Waals surface area contributed by atoms with Crippen molar-refractivity contribution in [3.05, 3.63) is 35.9 Å². The highest BCUT2D eigenvalue weighted by atomic mass is 16.5. The molecule has 1 saturated heterocycles. The maximum atomic E-state index is 9.95. The molecule has 2 heteroatoms. The molecule has 0 radical (unpaired) electrons. The average Bonchev–Trinajstić information content (AvgIpc) is 2.63. The molecule has 0 aromatic heterocycles. The third-order valence-corrected chi connectivity index (χ3v) is 3.62. The minimum atomic E-state index is -0.190. The molecule has 2 fully saturated rings. The lowest BCUT2D eigenvalue weighted by Gasteiger charge is -2.44. The van der Waals surface area contributed by atoms with Crippen LogP contribution in [0.25, 0.3) is 0 Å². The topological polar surface area (TPSA) is 29.5 Å². The van der Waals surface area contributed by atoms with Crippen molar-refractivity contribution in [1.82, 2.24) is 0 Å². The predicted octanol–water partition coefficient (Wildman–Crippen LogP) is 1.41. The summed E-state index contributed by atoms with van der Waals surface area (Å²) < 4.78 is 5.39. The van der Waals surface area contributed by atoms with Crippen molar-refractivity contribution >= 4 is 0 Å². The molecule has 0 bridgehead atoms. The zero-order chi connectivity index (χ0) is 9.54. The molecule has 1 N–H and O–H groups in total. The van der Waals surface area contributed by atoms with E-state index in [0.29, 0.717) is 17.8 Å². The number of benzene rings is 1. The third-order valence-electron chi connectivity index (χ3n) is 3.62. The van der Waals surface area contributed by atoms with Crippen LogP contribution in [-0.4, -0.2) is 24.4 Å². The van der Waals surface area contributed by atoms with E-state index in [9.17, 15) is 5.11 Å². The number of hydrogen-bond acceptors (Lipinski definition) is 2. The molecule has 2 aliphatic rings. The summed E-state index contributed by atoms with van der Waals surface area (Å²) in [6.07, 6.45) is -0.190. The van der Waals surface area contributed by atoms with E-state index in [1.165, 1.54) is 5.56 Å². The van der Waals surface area contributed by atoms with Gasteiger partial charge in [-0.1, -0.05) is 30.3 Å². The fourth-order valence-corrected chi connectivity index (χ4v) is 2.80. The standard InChI is InChI=1S/C12H14O2/c13-12-10-7-14-6-9(10)11(12)8-4-2-1-3-5-8/h1-5,9-13H,6-7H2/t9-,10+,11+,12-/m1/s1. The molecule has 0 amide bonds. The van der Waals surface area contributed by atoms with Crippen LogP contribution in [0.3, 0.4) is 0 Å². The lowest BCUT2D eigenvalue weighted by molar-refractivity contribution is -0.0337. The highest BCUT2D eigenvalue weighted by Crippen LogP contribution is 2.50. The van der Waals surface area contributed by atoms with Gasteiger partial charge in [0.05, 0.1) is 19.3 Å². The van der Waals surface area contributed by atoms with Crippen LogP contribution in [0.1, 0.15) is 11.5 Å². The van der Waals surface area contributed by atoms with Crippen LogP contribution in [0.5, 0.6) is 0 Å². The van der Waals surface area contributed by atoms with Gasteiger partial charge in [-0.3, -0.25) is 0 Å². The van der Waals surface area contributed by atoms with E-state index < -0.39 is 0 Å². The number of fused-ring (bicyclic) bond motifs is 1. The normalized spacial score (nSPS) is 40.4. The zero-order valence-corrected chi connectivity index (χ0v) is 7.97. The second-order valence-electron chi connectivity index (χ2n) is 4.29. The molecule has 14 heavy (non-hydrogen) atoms. The van der Waals surface area contributed by atoms with Crippen molar-refractivity contribution < 1.29 is 9.84 Å². The van der Waals surface area contributed by atoms with Gasteiger partial charge in [0.15, 0.2) is 0 Å². The summed E-state index contributed by atoms with van der Waals surface area (Å²) in [6.45, 7) is 1.57. The number of aliphatic hydroxyl groups excluding tert-OH is 1. The predicted molar refractivity (Wildman–Crippen MR) is 53.0 cm³/mol. The number of rotatable bonds is 1. The molecule has 4 atom stereocenters. The first-order valence-corrected chi connectivity index (χ1v) is 5.18. The molecule has 0 unspecified atom stereocenters. The first-order valence-electron chi connectivity index (χ1n) is 5.18.